The summed E-state index contributed by atoms with van der Waals surface area (Å²) in [6.07, 6.45) is 10.4. The summed E-state index contributed by atoms with van der Waals surface area (Å²) >= 11 is 0. The van der Waals surface area contributed by atoms with E-state index in [2.05, 4.69) is 23.2 Å². The Morgan fingerprint density at radius 3 is 2.75 bits per heavy atom. The normalized spacial score (nSPS) is 20.4. The lowest BCUT2D eigenvalue weighted by Crippen LogP contribution is -2.13. The highest BCUT2D eigenvalue weighted by Gasteiger charge is 2.35. The molecule has 0 aliphatic heterocycles. The molecule has 1 aromatic heterocycles. The first kappa shape index (κ1) is 18.4. The third-order valence-electron chi connectivity index (χ3n) is 4.01. The van der Waals surface area contributed by atoms with Gasteiger partial charge in [-0.05, 0) is 35.5 Å². The monoisotopic (exact) mass is 329 g/mol. The van der Waals surface area contributed by atoms with E-state index in [9.17, 15) is 4.79 Å². The molecule has 4 heteroatoms. The Hall–Kier alpha value is -1.94. The van der Waals surface area contributed by atoms with Crippen LogP contribution in [0.25, 0.3) is 5.57 Å². The summed E-state index contributed by atoms with van der Waals surface area (Å²) in [5.41, 5.74) is 2.37. The second kappa shape index (κ2) is 9.38. The number of Topliss-reactive ketones (excluding diaryl/α,β-unsaturated/α-hetero) is 1. The minimum Gasteiger partial charge on any atom is -0.475 e. The highest BCUT2D eigenvalue weighted by Crippen LogP contribution is 2.45. The van der Waals surface area contributed by atoms with Crippen molar-refractivity contribution in [2.24, 2.45) is 11.8 Å². The largest absolute Gasteiger partial charge is 0.475 e. The third kappa shape index (κ3) is 5.31. The van der Waals surface area contributed by atoms with Gasteiger partial charge in [-0.1, -0.05) is 39.0 Å². The van der Waals surface area contributed by atoms with Crippen LogP contribution in [-0.4, -0.2) is 30.6 Å². The van der Waals surface area contributed by atoms with E-state index in [1.165, 1.54) is 12.0 Å². The van der Waals surface area contributed by atoms with Gasteiger partial charge < -0.3 is 9.47 Å². The van der Waals surface area contributed by atoms with Gasteiger partial charge in [0.1, 0.15) is 13.2 Å². The van der Waals surface area contributed by atoms with Crippen LogP contribution < -0.4 is 4.74 Å². The fourth-order valence-corrected chi connectivity index (χ4v) is 2.48. The Kier molecular flexibility index (Phi) is 7.19. The Morgan fingerprint density at radius 1 is 1.25 bits per heavy atom. The summed E-state index contributed by atoms with van der Waals surface area (Å²) in [7, 11) is 0. The standard InChI is InChI=1S/C18H21NO3.C2H6/c1-2-17(20)12-21-7-8-22-18-6-5-15(11-19-18)13-3-4-14-10-16(14)9-13;1-2/h3-6,9,11,14,16H,2,7-8,10,12H2,1H3;1-2H3. The average Bonchev–Trinajstić information content (AvgIpc) is 3.42. The van der Waals surface area contributed by atoms with Crippen LogP contribution in [-0.2, 0) is 9.53 Å². The molecule has 0 bridgehead atoms. The quantitative estimate of drug-likeness (QED) is 0.675. The van der Waals surface area contributed by atoms with Crippen molar-refractivity contribution in [1.82, 2.24) is 4.98 Å². The Morgan fingerprint density at radius 2 is 2.08 bits per heavy atom. The first-order valence-electron chi connectivity index (χ1n) is 8.85. The number of pyridine rings is 1. The van der Waals surface area contributed by atoms with E-state index in [0.717, 1.165) is 17.4 Å². The predicted molar refractivity (Wildman–Crippen MR) is 95.9 cm³/mol. The van der Waals surface area contributed by atoms with E-state index < -0.39 is 0 Å². The molecule has 2 unspecified atom stereocenters. The van der Waals surface area contributed by atoms with Gasteiger partial charge in [0.05, 0.1) is 6.61 Å². The zero-order valence-corrected chi connectivity index (χ0v) is 14.8. The number of ether oxygens (including phenoxy) is 2. The van der Waals surface area contributed by atoms with Crippen LogP contribution in [0.15, 0.2) is 36.6 Å². The number of rotatable bonds is 8. The van der Waals surface area contributed by atoms with Crippen molar-refractivity contribution in [3.8, 4) is 5.88 Å². The fraction of sp³-hybridized carbons (Fsp3) is 0.500. The second-order valence-electron chi connectivity index (χ2n) is 5.72. The Labute approximate surface area is 144 Å². The minimum absolute atomic E-state index is 0.106. The van der Waals surface area contributed by atoms with Gasteiger partial charge in [-0.3, -0.25) is 4.79 Å². The second-order valence-corrected chi connectivity index (χ2v) is 5.72. The van der Waals surface area contributed by atoms with E-state index in [0.29, 0.717) is 25.5 Å². The van der Waals surface area contributed by atoms with Crippen LogP contribution in [0, 0.1) is 11.8 Å². The number of fused-ring (bicyclic) bond motifs is 1. The molecule has 0 N–H and O–H groups in total. The molecule has 1 fully saturated rings. The molecule has 0 aromatic carbocycles. The minimum atomic E-state index is 0.106. The van der Waals surface area contributed by atoms with Crippen LogP contribution in [0.3, 0.4) is 0 Å². The SMILES string of the molecule is CC.CCC(=O)COCCOc1ccc(C2=CC3CC3C=C2)cn1. The molecule has 2 atom stereocenters. The topological polar surface area (TPSA) is 48.4 Å². The number of allylic oxidation sites excluding steroid dienone is 4. The molecule has 130 valence electrons. The molecule has 0 saturated heterocycles. The molecule has 0 radical (unpaired) electrons. The van der Waals surface area contributed by atoms with Crippen LogP contribution >= 0.6 is 0 Å². The van der Waals surface area contributed by atoms with Crippen molar-refractivity contribution < 1.29 is 14.3 Å². The molecule has 1 aromatic rings. The highest BCUT2D eigenvalue weighted by atomic mass is 16.5. The number of ketones is 1. The molecule has 0 spiro atoms. The fourth-order valence-electron chi connectivity index (χ4n) is 2.48. The number of hydrogen-bond acceptors (Lipinski definition) is 4. The maximum absolute atomic E-state index is 11.1. The molecule has 3 rings (SSSR count). The summed E-state index contributed by atoms with van der Waals surface area (Å²) in [6.45, 7) is 6.78. The number of aromatic nitrogens is 1. The van der Waals surface area contributed by atoms with E-state index in [1.54, 1.807) is 0 Å². The van der Waals surface area contributed by atoms with Crippen LogP contribution in [0.2, 0.25) is 0 Å². The summed E-state index contributed by atoms with van der Waals surface area (Å²) < 4.78 is 10.7. The molecule has 1 heterocycles. The van der Waals surface area contributed by atoms with E-state index in [4.69, 9.17) is 9.47 Å². The van der Waals surface area contributed by atoms with Gasteiger partial charge in [0.25, 0.3) is 0 Å². The molecule has 4 nitrogen and oxygen atoms in total. The van der Waals surface area contributed by atoms with E-state index in [1.807, 2.05) is 39.1 Å². The number of carbonyl (C=O) groups is 1. The smallest absolute Gasteiger partial charge is 0.213 e. The maximum atomic E-state index is 11.1. The average molecular weight is 329 g/mol. The van der Waals surface area contributed by atoms with Crippen LogP contribution in [0.5, 0.6) is 5.88 Å². The molecule has 2 aliphatic carbocycles. The predicted octanol–water partition coefficient (Wildman–Crippen LogP) is 4.07. The van der Waals surface area contributed by atoms with E-state index >= 15 is 0 Å². The van der Waals surface area contributed by atoms with Gasteiger partial charge in [0, 0.05) is 18.7 Å². The van der Waals surface area contributed by atoms with Gasteiger partial charge in [0.15, 0.2) is 5.78 Å². The number of hydrogen-bond donors (Lipinski definition) is 0. The lowest BCUT2D eigenvalue weighted by atomic mass is 10.0. The van der Waals surface area contributed by atoms with Crippen molar-refractivity contribution in [2.45, 2.75) is 33.6 Å². The Bertz CT molecular complexity index is 589. The summed E-state index contributed by atoms with van der Waals surface area (Å²) in [5, 5.41) is 0. The third-order valence-corrected chi connectivity index (χ3v) is 4.01. The summed E-state index contributed by atoms with van der Waals surface area (Å²) in [4.78, 5) is 15.4. The highest BCUT2D eigenvalue weighted by molar-refractivity contribution is 5.79. The molecule has 24 heavy (non-hydrogen) atoms. The van der Waals surface area contributed by atoms with Gasteiger partial charge >= 0.3 is 0 Å². The zero-order valence-electron chi connectivity index (χ0n) is 14.8. The molecular weight excluding hydrogens is 302 g/mol. The van der Waals surface area contributed by atoms with Crippen molar-refractivity contribution >= 4 is 11.4 Å². The van der Waals surface area contributed by atoms with Gasteiger partial charge in [-0.15, -0.1) is 0 Å². The zero-order chi connectivity index (χ0) is 17.4. The summed E-state index contributed by atoms with van der Waals surface area (Å²) in [5.74, 6) is 2.20. The lowest BCUT2D eigenvalue weighted by molar-refractivity contribution is -0.123. The van der Waals surface area contributed by atoms with Crippen molar-refractivity contribution in [3.05, 3.63) is 42.1 Å². The maximum Gasteiger partial charge on any atom is 0.213 e. The van der Waals surface area contributed by atoms with Crippen molar-refractivity contribution in [2.75, 3.05) is 19.8 Å². The first-order valence-corrected chi connectivity index (χ1v) is 8.85. The van der Waals surface area contributed by atoms with Crippen LogP contribution in [0.4, 0.5) is 0 Å². The van der Waals surface area contributed by atoms with Gasteiger partial charge in [-0.25, -0.2) is 4.98 Å². The lowest BCUT2D eigenvalue weighted by Gasteiger charge is -2.08. The van der Waals surface area contributed by atoms with Gasteiger partial charge in [0.2, 0.25) is 5.88 Å². The number of carbonyl (C=O) groups excluding carboxylic acids is 1. The number of nitrogens with zero attached hydrogens (tertiary/aromatic N) is 1. The molecule has 2 aliphatic rings. The van der Waals surface area contributed by atoms with Crippen molar-refractivity contribution in [1.29, 1.82) is 0 Å². The van der Waals surface area contributed by atoms with Gasteiger partial charge in [-0.2, -0.15) is 0 Å². The Balaban J connectivity index is 0.00000100. The molecular formula is C20H27NO3. The van der Waals surface area contributed by atoms with E-state index in [-0.39, 0.29) is 12.4 Å². The first-order chi connectivity index (χ1) is 11.8. The molecule has 0 amide bonds. The van der Waals surface area contributed by atoms with Crippen LogP contribution in [0.1, 0.15) is 39.2 Å². The van der Waals surface area contributed by atoms with Crippen molar-refractivity contribution in [3.63, 3.8) is 0 Å². The summed E-state index contributed by atoms with van der Waals surface area (Å²) in [6, 6.07) is 3.91. The molecule has 1 saturated carbocycles.